The third-order valence-electron chi connectivity index (χ3n) is 3.05. The van der Waals surface area contributed by atoms with Gasteiger partial charge in [0.2, 0.25) is 5.95 Å². The van der Waals surface area contributed by atoms with Crippen LogP contribution in [0.4, 0.5) is 5.95 Å². The van der Waals surface area contributed by atoms with Crippen molar-refractivity contribution in [3.63, 3.8) is 0 Å². The lowest BCUT2D eigenvalue weighted by Gasteiger charge is -2.19. The number of hydrogen-bond acceptors (Lipinski definition) is 2. The van der Waals surface area contributed by atoms with Gasteiger partial charge in [-0.05, 0) is 31.0 Å². The van der Waals surface area contributed by atoms with Crippen LogP contribution in [-0.4, -0.2) is 9.55 Å². The van der Waals surface area contributed by atoms with Crippen LogP contribution in [0.1, 0.15) is 26.8 Å². The molecule has 3 nitrogen and oxygen atoms in total. The fourth-order valence-electron chi connectivity index (χ4n) is 1.82. The van der Waals surface area contributed by atoms with E-state index in [9.17, 15) is 0 Å². The van der Waals surface area contributed by atoms with Gasteiger partial charge in [0.1, 0.15) is 0 Å². The molecule has 0 aliphatic heterocycles. The van der Waals surface area contributed by atoms with E-state index in [0.717, 1.165) is 11.0 Å². The molecule has 0 saturated carbocycles. The first-order chi connectivity index (χ1) is 7.50. The second kappa shape index (κ2) is 3.98. The van der Waals surface area contributed by atoms with Crippen LogP contribution in [0.15, 0.2) is 18.2 Å². The number of rotatable bonds is 2. The van der Waals surface area contributed by atoms with Crippen molar-refractivity contribution >= 4 is 28.6 Å². The third-order valence-corrected chi connectivity index (χ3v) is 3.29. The highest BCUT2D eigenvalue weighted by atomic mass is 35.5. The molecule has 0 bridgehead atoms. The predicted octanol–water partition coefficient (Wildman–Crippen LogP) is 3.49. The minimum Gasteiger partial charge on any atom is -0.369 e. The Morgan fingerprint density at radius 3 is 2.62 bits per heavy atom. The van der Waals surface area contributed by atoms with Gasteiger partial charge in [0.05, 0.1) is 11.0 Å². The number of nitrogens with two attached hydrogens (primary N) is 1. The van der Waals surface area contributed by atoms with Gasteiger partial charge >= 0.3 is 0 Å². The predicted molar refractivity (Wildman–Crippen MR) is 68.7 cm³/mol. The molecule has 0 fully saturated rings. The van der Waals surface area contributed by atoms with Gasteiger partial charge in [-0.15, -0.1) is 0 Å². The normalized spacial score (nSPS) is 13.6. The number of aromatic nitrogens is 2. The van der Waals surface area contributed by atoms with Gasteiger partial charge in [-0.25, -0.2) is 4.98 Å². The van der Waals surface area contributed by atoms with Gasteiger partial charge in [-0.3, -0.25) is 0 Å². The van der Waals surface area contributed by atoms with E-state index in [2.05, 4.69) is 30.3 Å². The Hall–Kier alpha value is -1.22. The molecule has 0 aliphatic carbocycles. The minimum atomic E-state index is 0.325. The van der Waals surface area contributed by atoms with E-state index in [1.165, 1.54) is 0 Å². The number of benzene rings is 1. The van der Waals surface area contributed by atoms with Crippen LogP contribution < -0.4 is 5.73 Å². The Bertz CT molecular complexity index is 516. The summed E-state index contributed by atoms with van der Waals surface area (Å²) in [5, 5.41) is 0.689. The molecule has 1 aromatic heterocycles. The summed E-state index contributed by atoms with van der Waals surface area (Å²) in [4.78, 5) is 4.33. The first kappa shape index (κ1) is 11.3. The van der Waals surface area contributed by atoms with E-state index < -0.39 is 0 Å². The van der Waals surface area contributed by atoms with Crippen LogP contribution in [-0.2, 0) is 0 Å². The number of hydrogen-bond donors (Lipinski definition) is 1. The molecular weight excluding hydrogens is 222 g/mol. The van der Waals surface area contributed by atoms with Gasteiger partial charge in [0.15, 0.2) is 0 Å². The zero-order chi connectivity index (χ0) is 11.9. The fourth-order valence-corrected chi connectivity index (χ4v) is 1.98. The number of nitrogens with zero attached hydrogens (tertiary/aromatic N) is 2. The summed E-state index contributed by atoms with van der Waals surface area (Å²) < 4.78 is 2.07. The summed E-state index contributed by atoms with van der Waals surface area (Å²) in [5.41, 5.74) is 7.85. The molecular formula is C12H16ClN3. The van der Waals surface area contributed by atoms with Crippen LogP contribution in [0.25, 0.3) is 11.0 Å². The molecule has 4 heteroatoms. The molecule has 2 N–H and O–H groups in total. The van der Waals surface area contributed by atoms with Crippen LogP contribution >= 0.6 is 11.6 Å². The first-order valence-corrected chi connectivity index (χ1v) is 5.81. The molecule has 1 atom stereocenters. The van der Waals surface area contributed by atoms with Gasteiger partial charge in [-0.2, -0.15) is 0 Å². The molecule has 2 rings (SSSR count). The van der Waals surface area contributed by atoms with Crippen molar-refractivity contribution in [2.45, 2.75) is 26.8 Å². The van der Waals surface area contributed by atoms with E-state index in [-0.39, 0.29) is 0 Å². The Morgan fingerprint density at radius 1 is 1.31 bits per heavy atom. The molecule has 1 heterocycles. The number of fused-ring (bicyclic) bond motifs is 1. The van der Waals surface area contributed by atoms with Crippen LogP contribution in [0.2, 0.25) is 5.02 Å². The van der Waals surface area contributed by atoms with Crippen molar-refractivity contribution in [1.29, 1.82) is 0 Å². The molecule has 1 unspecified atom stereocenters. The average molecular weight is 238 g/mol. The summed E-state index contributed by atoms with van der Waals surface area (Å²) in [7, 11) is 0. The van der Waals surface area contributed by atoms with Crippen LogP contribution in [0.3, 0.4) is 0 Å². The van der Waals surface area contributed by atoms with Crippen molar-refractivity contribution in [1.82, 2.24) is 9.55 Å². The summed E-state index contributed by atoms with van der Waals surface area (Å²) in [6, 6.07) is 6.01. The van der Waals surface area contributed by atoms with Crippen molar-refractivity contribution in [3.05, 3.63) is 23.2 Å². The van der Waals surface area contributed by atoms with Crippen molar-refractivity contribution in [2.24, 2.45) is 5.92 Å². The second-order valence-electron chi connectivity index (χ2n) is 4.46. The van der Waals surface area contributed by atoms with E-state index >= 15 is 0 Å². The van der Waals surface area contributed by atoms with Crippen molar-refractivity contribution < 1.29 is 0 Å². The Labute approximate surface area is 100 Å². The maximum atomic E-state index is 5.95. The van der Waals surface area contributed by atoms with Crippen molar-refractivity contribution in [2.75, 3.05) is 5.73 Å². The molecule has 0 aliphatic rings. The molecule has 86 valence electrons. The lowest BCUT2D eigenvalue weighted by Crippen LogP contribution is -2.13. The van der Waals surface area contributed by atoms with E-state index in [4.69, 9.17) is 17.3 Å². The molecule has 16 heavy (non-hydrogen) atoms. The van der Waals surface area contributed by atoms with Crippen LogP contribution in [0, 0.1) is 5.92 Å². The zero-order valence-corrected chi connectivity index (χ0v) is 10.5. The highest BCUT2D eigenvalue weighted by Crippen LogP contribution is 2.28. The molecule has 2 aromatic rings. The van der Waals surface area contributed by atoms with Crippen LogP contribution in [0.5, 0.6) is 0 Å². The number of imidazole rings is 1. The van der Waals surface area contributed by atoms with E-state index in [0.29, 0.717) is 22.9 Å². The van der Waals surface area contributed by atoms with Gasteiger partial charge < -0.3 is 10.3 Å². The van der Waals surface area contributed by atoms with Gasteiger partial charge in [-0.1, -0.05) is 25.4 Å². The third kappa shape index (κ3) is 1.76. The van der Waals surface area contributed by atoms with Gasteiger partial charge in [0, 0.05) is 11.1 Å². The summed E-state index contributed by atoms with van der Waals surface area (Å²) in [6.45, 7) is 6.49. The summed E-state index contributed by atoms with van der Waals surface area (Å²) in [5.74, 6) is 1.06. The molecule has 0 radical (unpaired) electrons. The highest BCUT2D eigenvalue weighted by molar-refractivity contribution is 6.31. The Morgan fingerprint density at radius 2 is 2.00 bits per heavy atom. The number of anilines is 1. The fraction of sp³-hybridized carbons (Fsp3) is 0.417. The first-order valence-electron chi connectivity index (χ1n) is 5.43. The SMILES string of the molecule is CC(C)C(C)n1c(N)nc2cc(Cl)ccc21. The highest BCUT2D eigenvalue weighted by Gasteiger charge is 2.16. The number of halogens is 1. The standard InChI is InChI=1S/C12H16ClN3/c1-7(2)8(3)16-11-5-4-9(13)6-10(11)15-12(16)14/h4-8H,1-3H3,(H2,14,15). The Balaban J connectivity index is 2.65. The summed E-state index contributed by atoms with van der Waals surface area (Å²) in [6.07, 6.45) is 0. The second-order valence-corrected chi connectivity index (χ2v) is 4.89. The lowest BCUT2D eigenvalue weighted by molar-refractivity contribution is 0.421. The largest absolute Gasteiger partial charge is 0.369 e. The van der Waals surface area contributed by atoms with Crippen molar-refractivity contribution in [3.8, 4) is 0 Å². The quantitative estimate of drug-likeness (QED) is 0.869. The lowest BCUT2D eigenvalue weighted by atomic mass is 10.1. The van der Waals surface area contributed by atoms with E-state index in [1.54, 1.807) is 0 Å². The monoisotopic (exact) mass is 237 g/mol. The topological polar surface area (TPSA) is 43.8 Å². The smallest absolute Gasteiger partial charge is 0.201 e. The minimum absolute atomic E-state index is 0.325. The Kier molecular flexibility index (Phi) is 2.80. The zero-order valence-electron chi connectivity index (χ0n) is 9.74. The number of nitrogen functional groups attached to an aromatic ring is 1. The molecule has 0 amide bonds. The van der Waals surface area contributed by atoms with E-state index in [1.807, 2.05) is 18.2 Å². The molecule has 0 spiro atoms. The average Bonchev–Trinajstić information content (AvgIpc) is 2.51. The molecule has 1 aromatic carbocycles. The molecule has 0 saturated heterocycles. The van der Waals surface area contributed by atoms with Gasteiger partial charge in [0.25, 0.3) is 0 Å². The maximum absolute atomic E-state index is 5.95. The maximum Gasteiger partial charge on any atom is 0.201 e. The summed E-state index contributed by atoms with van der Waals surface area (Å²) >= 11 is 5.93.